The van der Waals surface area contributed by atoms with Gasteiger partial charge in [-0.1, -0.05) is 30.3 Å². The number of ketones is 1. The molecule has 1 saturated heterocycles. The van der Waals surface area contributed by atoms with Gasteiger partial charge < -0.3 is 24.6 Å². The van der Waals surface area contributed by atoms with E-state index in [-0.39, 0.29) is 23.7 Å². The molecule has 192 valence electrons. The number of aromatic nitrogens is 1. The number of aliphatic hydroxyl groups excluding tert-OH is 1. The van der Waals surface area contributed by atoms with E-state index in [0.717, 1.165) is 27.7 Å². The summed E-state index contributed by atoms with van der Waals surface area (Å²) in [5.74, 6) is -1.29. The van der Waals surface area contributed by atoms with E-state index in [1.807, 2.05) is 36.2 Å². The molecule has 1 aromatic heterocycles. The van der Waals surface area contributed by atoms with Crippen LogP contribution >= 0.6 is 0 Å². The number of fused-ring (bicyclic) bond motifs is 2. The second-order valence-electron chi connectivity index (χ2n) is 9.61. The first-order chi connectivity index (χ1) is 18.4. The third kappa shape index (κ3) is 3.98. The summed E-state index contributed by atoms with van der Waals surface area (Å²) in [6.45, 7) is 1.48. The highest BCUT2D eigenvalue weighted by Crippen LogP contribution is 2.43. The number of aliphatic hydroxyl groups is 1. The van der Waals surface area contributed by atoms with Crippen LogP contribution in [0.5, 0.6) is 5.75 Å². The van der Waals surface area contributed by atoms with Gasteiger partial charge in [-0.15, -0.1) is 0 Å². The number of aromatic amines is 1. The number of para-hydroxylation sites is 1. The fourth-order valence-corrected chi connectivity index (χ4v) is 5.31. The van der Waals surface area contributed by atoms with Crippen molar-refractivity contribution in [3.63, 3.8) is 0 Å². The number of benzene rings is 3. The lowest BCUT2D eigenvalue weighted by atomic mass is 9.94. The first kappa shape index (κ1) is 23.8. The number of ether oxygens (including phenoxy) is 1. The summed E-state index contributed by atoms with van der Waals surface area (Å²) in [6, 6.07) is 18.2. The van der Waals surface area contributed by atoms with E-state index in [9.17, 15) is 19.1 Å². The zero-order valence-corrected chi connectivity index (χ0v) is 20.8. The quantitative estimate of drug-likeness (QED) is 0.228. The molecule has 8 heteroatoms. The van der Waals surface area contributed by atoms with Crippen LogP contribution in [0.2, 0.25) is 0 Å². The van der Waals surface area contributed by atoms with E-state index in [1.165, 1.54) is 17.0 Å². The highest BCUT2D eigenvalue weighted by atomic mass is 19.1. The lowest BCUT2D eigenvalue weighted by molar-refractivity contribution is -0.139. The molecule has 1 unspecified atom stereocenters. The van der Waals surface area contributed by atoms with Crippen LogP contribution in [-0.2, 0) is 16.0 Å². The number of Topliss-reactive ketones (excluding diaryl/α,β-unsaturated/α-hetero) is 1. The molecule has 7 nitrogen and oxygen atoms in total. The molecule has 3 aromatic carbocycles. The summed E-state index contributed by atoms with van der Waals surface area (Å²) >= 11 is 0. The molecule has 0 radical (unpaired) electrons. The van der Waals surface area contributed by atoms with Gasteiger partial charge in [0.15, 0.2) is 0 Å². The number of hydrogen-bond donors (Lipinski definition) is 2. The molecule has 3 heterocycles. The van der Waals surface area contributed by atoms with Crippen LogP contribution in [0.25, 0.3) is 16.7 Å². The Morgan fingerprint density at radius 2 is 1.89 bits per heavy atom. The van der Waals surface area contributed by atoms with E-state index in [1.54, 1.807) is 36.5 Å². The molecular formula is C30H26FN3O4. The van der Waals surface area contributed by atoms with Crippen LogP contribution in [0.4, 0.5) is 10.1 Å². The van der Waals surface area contributed by atoms with Crippen molar-refractivity contribution in [2.24, 2.45) is 0 Å². The number of likely N-dealkylation sites (tertiary alicyclic amines) is 1. The molecule has 0 spiro atoms. The third-order valence-electron chi connectivity index (χ3n) is 7.34. The molecule has 0 saturated carbocycles. The molecule has 1 amide bonds. The van der Waals surface area contributed by atoms with Crippen LogP contribution in [0.1, 0.15) is 22.7 Å². The molecule has 0 bridgehead atoms. The number of likely N-dealkylation sites (N-methyl/N-ethyl adjacent to an activating group) is 1. The Balaban J connectivity index is 1.46. The van der Waals surface area contributed by atoms with Crippen molar-refractivity contribution in [2.75, 3.05) is 31.6 Å². The normalized spacial score (nSPS) is 18.6. The van der Waals surface area contributed by atoms with Gasteiger partial charge in [0, 0.05) is 41.8 Å². The summed E-state index contributed by atoms with van der Waals surface area (Å²) in [7, 11) is 1.94. The van der Waals surface area contributed by atoms with Gasteiger partial charge in [0.1, 0.15) is 23.9 Å². The van der Waals surface area contributed by atoms with E-state index >= 15 is 0 Å². The van der Waals surface area contributed by atoms with Gasteiger partial charge >= 0.3 is 0 Å². The number of hydrogen-bond acceptors (Lipinski definition) is 5. The van der Waals surface area contributed by atoms with Gasteiger partial charge in [-0.3, -0.25) is 9.59 Å². The average Bonchev–Trinajstić information content (AvgIpc) is 3.46. The molecule has 2 aliphatic heterocycles. The van der Waals surface area contributed by atoms with Crippen LogP contribution in [0.3, 0.4) is 0 Å². The second kappa shape index (κ2) is 9.37. The van der Waals surface area contributed by atoms with Gasteiger partial charge in [0.05, 0.1) is 23.8 Å². The maximum Gasteiger partial charge on any atom is 0.295 e. The minimum absolute atomic E-state index is 0.0400. The zero-order chi connectivity index (χ0) is 26.4. The SMILES string of the molecule is CN1CCOc2ccc(/C(O)=C3\C(=O)C(=O)N(CCc4ccc(F)cc4)C3c3c[nH]c4ccccc34)cc21. The number of nitrogens with one attached hydrogen (secondary N) is 1. The van der Waals surface area contributed by atoms with Crippen LogP contribution in [0, 0.1) is 5.82 Å². The topological polar surface area (TPSA) is 85.9 Å². The standard InChI is InChI=1S/C30H26FN3O4/c1-33-14-15-38-25-11-8-19(16-24(25)33)28(35)26-27(22-17-32-23-5-3-2-4-21(22)23)34(30(37)29(26)36)13-12-18-6-9-20(31)10-7-18/h2-11,16-17,27,32,35H,12-15H2,1H3/b28-26+. The number of anilines is 1. The zero-order valence-electron chi connectivity index (χ0n) is 20.8. The minimum Gasteiger partial charge on any atom is -0.507 e. The Morgan fingerprint density at radius 3 is 2.71 bits per heavy atom. The number of carbonyl (C=O) groups excluding carboxylic acids is 2. The second-order valence-corrected chi connectivity index (χ2v) is 9.61. The van der Waals surface area contributed by atoms with Crippen molar-refractivity contribution in [3.05, 3.63) is 101 Å². The number of amides is 1. The predicted octanol–water partition coefficient (Wildman–Crippen LogP) is 4.80. The lowest BCUT2D eigenvalue weighted by Crippen LogP contribution is -2.31. The minimum atomic E-state index is -0.795. The first-order valence-electron chi connectivity index (χ1n) is 12.5. The molecule has 2 aliphatic rings. The molecule has 0 aliphatic carbocycles. The third-order valence-corrected chi connectivity index (χ3v) is 7.34. The van der Waals surface area contributed by atoms with Crippen LogP contribution in [-0.4, -0.2) is 53.4 Å². The van der Waals surface area contributed by atoms with Gasteiger partial charge in [-0.05, 0) is 48.4 Å². The van der Waals surface area contributed by atoms with Crippen LogP contribution < -0.4 is 9.64 Å². The van der Waals surface area contributed by atoms with Gasteiger partial charge in [-0.25, -0.2) is 4.39 Å². The first-order valence-corrected chi connectivity index (χ1v) is 12.5. The lowest BCUT2D eigenvalue weighted by Gasteiger charge is -2.28. The highest BCUT2D eigenvalue weighted by molar-refractivity contribution is 6.46. The largest absolute Gasteiger partial charge is 0.507 e. The molecule has 38 heavy (non-hydrogen) atoms. The number of rotatable bonds is 5. The Labute approximate surface area is 218 Å². The molecule has 6 rings (SSSR count). The Bertz CT molecular complexity index is 1590. The molecule has 2 N–H and O–H groups in total. The van der Waals surface area contributed by atoms with Crippen molar-refractivity contribution in [1.82, 2.24) is 9.88 Å². The highest BCUT2D eigenvalue weighted by Gasteiger charge is 2.46. The number of H-pyrrole nitrogens is 1. The van der Waals surface area contributed by atoms with Crippen molar-refractivity contribution >= 4 is 34.0 Å². The Kier molecular flexibility index (Phi) is 5.87. The summed E-state index contributed by atoms with van der Waals surface area (Å²) in [5.41, 5.74) is 3.69. The molecule has 1 atom stereocenters. The Hall–Kier alpha value is -4.59. The number of carbonyl (C=O) groups is 2. The summed E-state index contributed by atoms with van der Waals surface area (Å²) in [4.78, 5) is 33.6. The maximum absolute atomic E-state index is 13.5. The molecule has 1 fully saturated rings. The fraction of sp³-hybridized carbons (Fsp3) is 0.200. The summed E-state index contributed by atoms with van der Waals surface area (Å²) < 4.78 is 19.1. The van der Waals surface area contributed by atoms with E-state index < -0.39 is 17.7 Å². The van der Waals surface area contributed by atoms with Crippen molar-refractivity contribution in [2.45, 2.75) is 12.5 Å². The number of halogens is 1. The van der Waals surface area contributed by atoms with Crippen LogP contribution in [0.15, 0.2) is 78.5 Å². The maximum atomic E-state index is 13.5. The molecule has 4 aromatic rings. The summed E-state index contributed by atoms with van der Waals surface area (Å²) in [6.07, 6.45) is 2.21. The predicted molar refractivity (Wildman–Crippen MR) is 143 cm³/mol. The number of nitrogens with zero attached hydrogens (tertiary/aromatic N) is 2. The van der Waals surface area contributed by atoms with Gasteiger partial charge in [0.2, 0.25) is 0 Å². The van der Waals surface area contributed by atoms with E-state index in [4.69, 9.17) is 4.74 Å². The van der Waals surface area contributed by atoms with E-state index in [2.05, 4.69) is 4.98 Å². The average molecular weight is 512 g/mol. The van der Waals surface area contributed by atoms with Crippen molar-refractivity contribution in [1.29, 1.82) is 0 Å². The smallest absolute Gasteiger partial charge is 0.295 e. The van der Waals surface area contributed by atoms with Crippen molar-refractivity contribution < 1.29 is 23.8 Å². The monoisotopic (exact) mass is 511 g/mol. The van der Waals surface area contributed by atoms with Crippen molar-refractivity contribution in [3.8, 4) is 5.75 Å². The van der Waals surface area contributed by atoms with Gasteiger partial charge in [-0.2, -0.15) is 0 Å². The van der Waals surface area contributed by atoms with Gasteiger partial charge in [0.25, 0.3) is 11.7 Å². The molecular weight excluding hydrogens is 485 g/mol. The van der Waals surface area contributed by atoms with E-state index in [0.29, 0.717) is 30.9 Å². The summed E-state index contributed by atoms with van der Waals surface area (Å²) in [5, 5.41) is 12.4. The fourth-order valence-electron chi connectivity index (χ4n) is 5.31. The Morgan fingerprint density at radius 1 is 1.11 bits per heavy atom.